The highest BCUT2D eigenvalue weighted by Gasteiger charge is 2.67. The molecule has 0 spiro atoms. The number of hydrazone groups is 1. The first-order valence-electron chi connectivity index (χ1n) is 10.8. The molecule has 3 fully saturated rings. The van der Waals surface area contributed by atoms with E-state index in [-0.39, 0.29) is 35.5 Å². The summed E-state index contributed by atoms with van der Waals surface area (Å²) in [6.07, 6.45) is 6.92. The average molecular weight is 467 g/mol. The van der Waals surface area contributed by atoms with E-state index in [0.29, 0.717) is 39.8 Å². The number of allylic oxidation sites excluding steroid dienone is 2. The van der Waals surface area contributed by atoms with E-state index in [1.54, 1.807) is 24.3 Å². The highest BCUT2D eigenvalue weighted by atomic mass is 35.5. The van der Waals surface area contributed by atoms with Crippen LogP contribution in [0.4, 0.5) is 0 Å². The maximum atomic E-state index is 13.1. The molecule has 1 aliphatic heterocycles. The first-order chi connectivity index (χ1) is 15.5. The Morgan fingerprint density at radius 3 is 2.34 bits per heavy atom. The van der Waals surface area contributed by atoms with Crippen LogP contribution in [0.15, 0.2) is 59.7 Å². The lowest BCUT2D eigenvalue weighted by Gasteiger charge is -2.37. The van der Waals surface area contributed by atoms with E-state index in [9.17, 15) is 9.59 Å². The second-order valence-electron chi connectivity index (χ2n) is 8.99. The number of imide groups is 1. The van der Waals surface area contributed by atoms with Crippen molar-refractivity contribution in [2.24, 2.45) is 40.6 Å². The van der Waals surface area contributed by atoms with Gasteiger partial charge in [-0.25, -0.2) is 0 Å². The fourth-order valence-corrected chi connectivity index (χ4v) is 6.11. The second-order valence-corrected chi connectivity index (χ2v) is 9.86. The lowest BCUT2D eigenvalue weighted by atomic mass is 9.63. The molecule has 2 saturated carbocycles. The van der Waals surface area contributed by atoms with Crippen LogP contribution in [0.5, 0.6) is 5.75 Å². The van der Waals surface area contributed by atoms with Gasteiger partial charge in [0, 0.05) is 15.6 Å². The van der Waals surface area contributed by atoms with Crippen LogP contribution in [0.3, 0.4) is 0 Å². The Labute approximate surface area is 195 Å². The third kappa shape index (κ3) is 3.18. The number of rotatable bonds is 5. The molecule has 1 heterocycles. The largest absolute Gasteiger partial charge is 0.488 e. The van der Waals surface area contributed by atoms with Gasteiger partial charge in [-0.15, -0.1) is 0 Å². The Bertz CT molecular complexity index is 1160. The molecule has 6 atom stereocenters. The Kier molecular flexibility index (Phi) is 4.67. The van der Waals surface area contributed by atoms with E-state index < -0.39 is 0 Å². The number of benzene rings is 2. The van der Waals surface area contributed by atoms with Crippen molar-refractivity contribution >= 4 is 41.2 Å². The Hall–Kier alpha value is -2.63. The summed E-state index contributed by atoms with van der Waals surface area (Å²) in [7, 11) is 0. The van der Waals surface area contributed by atoms with Crippen LogP contribution in [-0.4, -0.2) is 23.0 Å². The van der Waals surface area contributed by atoms with Crippen LogP contribution < -0.4 is 4.74 Å². The van der Waals surface area contributed by atoms with Crippen molar-refractivity contribution in [1.29, 1.82) is 0 Å². The second kappa shape index (κ2) is 7.46. The van der Waals surface area contributed by atoms with Crippen molar-refractivity contribution in [1.82, 2.24) is 5.01 Å². The Balaban J connectivity index is 1.23. The van der Waals surface area contributed by atoms with Crippen molar-refractivity contribution in [2.45, 2.75) is 13.0 Å². The quantitative estimate of drug-likeness (QED) is 0.355. The fraction of sp³-hybridized carbons (Fsp3) is 0.320. The fourth-order valence-electron chi connectivity index (χ4n) is 5.71. The predicted octanol–water partition coefficient (Wildman–Crippen LogP) is 4.96. The van der Waals surface area contributed by atoms with Crippen LogP contribution in [0.1, 0.15) is 17.5 Å². The number of nitrogens with zero attached hydrogens (tertiary/aromatic N) is 2. The monoisotopic (exact) mass is 466 g/mol. The molecule has 1 saturated heterocycles. The van der Waals surface area contributed by atoms with Gasteiger partial charge in [0.25, 0.3) is 11.8 Å². The average Bonchev–Trinajstić information content (AvgIpc) is 3.56. The first-order valence-corrected chi connectivity index (χ1v) is 11.5. The third-order valence-corrected chi connectivity index (χ3v) is 7.68. The lowest BCUT2D eigenvalue weighted by molar-refractivity contribution is -0.140. The zero-order chi connectivity index (χ0) is 22.0. The third-order valence-electron chi connectivity index (χ3n) is 7.21. The summed E-state index contributed by atoms with van der Waals surface area (Å²) in [6, 6.07) is 12.6. The van der Waals surface area contributed by atoms with Gasteiger partial charge in [-0.3, -0.25) is 9.59 Å². The summed E-state index contributed by atoms with van der Waals surface area (Å²) in [6.45, 7) is 0.312. The summed E-state index contributed by atoms with van der Waals surface area (Å²) in [5.74, 6) is 1.11. The van der Waals surface area contributed by atoms with Crippen molar-refractivity contribution in [2.75, 3.05) is 0 Å². The molecule has 5 nitrogen and oxygen atoms in total. The van der Waals surface area contributed by atoms with E-state index in [1.807, 2.05) is 18.2 Å². The van der Waals surface area contributed by atoms with Gasteiger partial charge in [-0.2, -0.15) is 10.1 Å². The van der Waals surface area contributed by atoms with Gasteiger partial charge in [0.1, 0.15) is 12.4 Å². The molecule has 7 heteroatoms. The van der Waals surface area contributed by atoms with E-state index in [4.69, 9.17) is 27.9 Å². The van der Waals surface area contributed by atoms with Gasteiger partial charge in [0.2, 0.25) is 0 Å². The minimum absolute atomic E-state index is 0.175. The summed E-state index contributed by atoms with van der Waals surface area (Å²) < 4.78 is 5.95. The number of carbonyl (C=O) groups is 2. The minimum Gasteiger partial charge on any atom is -0.488 e. The SMILES string of the molecule is O=C1[C@@H]2[C@@H]3C=C[C@H]([C@@H]4C[C@H]34)[C@H]2C(=O)N1/N=C\c1cc(Cl)ccc1OCc1cccc(Cl)c1. The van der Waals surface area contributed by atoms with Gasteiger partial charge in [0.05, 0.1) is 18.1 Å². The standard InChI is InChI=1S/C25H20Cl2N2O3/c26-15-3-1-2-13(8-15)12-32-21-7-4-16(27)9-14(21)11-28-29-24(30)22-17-5-6-18(20-10-19(17)20)23(22)25(29)31/h1-9,11,17-20,22-23H,10,12H2/b28-11-/t17-,18-,19-,20+,22-,23-/m1/s1. The number of amides is 2. The smallest absolute Gasteiger partial charge is 0.254 e. The molecule has 4 aliphatic carbocycles. The van der Waals surface area contributed by atoms with Gasteiger partial charge in [-0.05, 0) is 66.0 Å². The summed E-state index contributed by atoms with van der Waals surface area (Å²) in [5, 5.41) is 6.52. The van der Waals surface area contributed by atoms with Gasteiger partial charge in [-0.1, -0.05) is 47.5 Å². The molecular formula is C25H20Cl2N2O3. The van der Waals surface area contributed by atoms with Crippen molar-refractivity contribution in [3.63, 3.8) is 0 Å². The summed E-state index contributed by atoms with van der Waals surface area (Å²) >= 11 is 12.2. The van der Waals surface area contributed by atoms with Gasteiger partial charge in [0.15, 0.2) is 0 Å². The molecule has 2 aromatic carbocycles. The molecule has 0 radical (unpaired) electrons. The van der Waals surface area contributed by atoms with Crippen LogP contribution in [0, 0.1) is 35.5 Å². The molecule has 2 amide bonds. The topological polar surface area (TPSA) is 59.0 Å². The number of carbonyl (C=O) groups excluding carboxylic acids is 2. The summed E-state index contributed by atoms with van der Waals surface area (Å²) in [5.41, 5.74) is 1.52. The van der Waals surface area contributed by atoms with Gasteiger partial charge >= 0.3 is 0 Å². The molecular weight excluding hydrogens is 447 g/mol. The number of hydrogen-bond acceptors (Lipinski definition) is 4. The lowest BCUT2D eigenvalue weighted by Crippen LogP contribution is -2.40. The highest BCUT2D eigenvalue weighted by molar-refractivity contribution is 6.31. The Morgan fingerprint density at radius 1 is 0.969 bits per heavy atom. The Morgan fingerprint density at radius 2 is 1.66 bits per heavy atom. The van der Waals surface area contributed by atoms with Crippen molar-refractivity contribution < 1.29 is 14.3 Å². The number of ether oxygens (including phenoxy) is 1. The molecule has 0 N–H and O–H groups in total. The number of hydrogen-bond donors (Lipinski definition) is 0. The van der Waals surface area contributed by atoms with Gasteiger partial charge < -0.3 is 4.74 Å². The highest BCUT2D eigenvalue weighted by Crippen LogP contribution is 2.65. The molecule has 7 rings (SSSR count). The molecule has 0 aromatic heterocycles. The zero-order valence-corrected chi connectivity index (χ0v) is 18.5. The maximum absolute atomic E-state index is 13.1. The van der Waals surface area contributed by atoms with Crippen LogP contribution >= 0.6 is 23.2 Å². The predicted molar refractivity (Wildman–Crippen MR) is 121 cm³/mol. The van der Waals surface area contributed by atoms with Crippen LogP contribution in [0.2, 0.25) is 10.0 Å². The molecule has 162 valence electrons. The minimum atomic E-state index is -0.267. The molecule has 32 heavy (non-hydrogen) atoms. The van der Waals surface area contributed by atoms with E-state index >= 15 is 0 Å². The maximum Gasteiger partial charge on any atom is 0.254 e. The molecule has 5 aliphatic rings. The van der Waals surface area contributed by atoms with Crippen molar-refractivity contribution in [3.8, 4) is 5.75 Å². The van der Waals surface area contributed by atoms with Crippen molar-refractivity contribution in [3.05, 3.63) is 75.8 Å². The summed E-state index contributed by atoms with van der Waals surface area (Å²) in [4.78, 5) is 26.2. The number of halogens is 2. The molecule has 2 bridgehead atoms. The van der Waals surface area contributed by atoms with E-state index in [1.165, 1.54) is 6.21 Å². The molecule has 2 aromatic rings. The normalized spacial score (nSPS) is 31.9. The zero-order valence-electron chi connectivity index (χ0n) is 17.0. The first kappa shape index (κ1) is 20.0. The molecule has 0 unspecified atom stereocenters. The van der Waals surface area contributed by atoms with Crippen LogP contribution in [0.25, 0.3) is 0 Å². The van der Waals surface area contributed by atoms with Crippen LogP contribution in [-0.2, 0) is 16.2 Å². The van der Waals surface area contributed by atoms with E-state index in [2.05, 4.69) is 17.3 Å². The van der Waals surface area contributed by atoms with E-state index in [0.717, 1.165) is 17.0 Å².